The number of piperazine rings is 1. The second-order valence-corrected chi connectivity index (χ2v) is 11.1. The summed E-state index contributed by atoms with van der Waals surface area (Å²) in [5, 5.41) is 0.966. The summed E-state index contributed by atoms with van der Waals surface area (Å²) in [7, 11) is 3.29. The highest BCUT2D eigenvalue weighted by Gasteiger charge is 2.26. The van der Waals surface area contributed by atoms with E-state index in [2.05, 4.69) is 9.80 Å². The van der Waals surface area contributed by atoms with Crippen molar-refractivity contribution in [1.82, 2.24) is 14.9 Å². The molecule has 0 bridgehead atoms. The molecule has 4 aromatic rings. The summed E-state index contributed by atoms with van der Waals surface area (Å²) in [6.45, 7) is 5.08. The van der Waals surface area contributed by atoms with Gasteiger partial charge in [0.05, 0.1) is 26.2 Å². The van der Waals surface area contributed by atoms with Gasteiger partial charge in [-0.15, -0.1) is 0 Å². The molecule has 9 heteroatoms. The van der Waals surface area contributed by atoms with E-state index in [9.17, 15) is 4.79 Å². The van der Waals surface area contributed by atoms with Gasteiger partial charge in [-0.05, 0) is 48.6 Å². The number of hydrogen-bond donors (Lipinski definition) is 0. The van der Waals surface area contributed by atoms with Crippen LogP contribution in [0.15, 0.2) is 66.7 Å². The van der Waals surface area contributed by atoms with E-state index in [1.165, 1.54) is 6.42 Å². The van der Waals surface area contributed by atoms with E-state index in [0.29, 0.717) is 56.7 Å². The van der Waals surface area contributed by atoms with Gasteiger partial charge in [-0.1, -0.05) is 42.5 Å². The minimum absolute atomic E-state index is 0.128. The summed E-state index contributed by atoms with van der Waals surface area (Å²) in [6, 6.07) is 21.8. The first-order chi connectivity index (χ1) is 21.1. The lowest BCUT2D eigenvalue weighted by Gasteiger charge is -2.36. The monoisotopic (exact) mass is 581 g/mol. The molecule has 2 aliphatic rings. The zero-order valence-electron chi connectivity index (χ0n) is 25.0. The number of benzene rings is 3. The van der Waals surface area contributed by atoms with Gasteiger partial charge >= 0.3 is 0 Å². The molecule has 9 nitrogen and oxygen atoms in total. The van der Waals surface area contributed by atoms with E-state index in [-0.39, 0.29) is 5.91 Å². The van der Waals surface area contributed by atoms with Gasteiger partial charge in [-0.2, -0.15) is 4.98 Å². The number of methoxy groups -OCH3 is 2. The fourth-order valence-corrected chi connectivity index (χ4v) is 5.80. The van der Waals surface area contributed by atoms with Gasteiger partial charge in [0.25, 0.3) is 0 Å². The van der Waals surface area contributed by atoms with Crippen LogP contribution in [0.4, 0.5) is 11.8 Å². The van der Waals surface area contributed by atoms with Crippen molar-refractivity contribution < 1.29 is 19.0 Å². The molecule has 224 valence electrons. The number of hydrogen-bond acceptors (Lipinski definition) is 8. The highest BCUT2D eigenvalue weighted by molar-refractivity contribution is 5.93. The largest absolute Gasteiger partial charge is 0.493 e. The number of ether oxygens (including phenoxy) is 3. The van der Waals surface area contributed by atoms with Crippen LogP contribution in [0.25, 0.3) is 10.9 Å². The molecule has 3 heterocycles. The van der Waals surface area contributed by atoms with Crippen LogP contribution in [-0.2, 0) is 17.8 Å². The number of carbonyl (C=O) groups is 1. The lowest BCUT2D eigenvalue weighted by atomic mass is 10.1. The van der Waals surface area contributed by atoms with Crippen LogP contribution in [0, 0.1) is 0 Å². The van der Waals surface area contributed by atoms with E-state index in [4.69, 9.17) is 24.2 Å². The number of aromatic nitrogens is 2. The SMILES string of the molecule is COc1cc2nc(N3CCN(C(=O)Cc4ccc(OCc5ccccc5)cc4)CC3)nc(N3CCCCC3)c2cc1OC. The molecule has 2 saturated heterocycles. The number of piperidine rings is 1. The number of nitrogens with zero attached hydrogens (tertiary/aromatic N) is 5. The highest BCUT2D eigenvalue weighted by atomic mass is 16.5. The lowest BCUT2D eigenvalue weighted by Crippen LogP contribution is -2.49. The maximum atomic E-state index is 13.2. The average molecular weight is 582 g/mol. The van der Waals surface area contributed by atoms with Crippen molar-refractivity contribution in [3.05, 3.63) is 77.9 Å². The van der Waals surface area contributed by atoms with Gasteiger partial charge in [-0.3, -0.25) is 4.79 Å². The molecule has 0 saturated carbocycles. The number of fused-ring (bicyclic) bond motifs is 1. The lowest BCUT2D eigenvalue weighted by molar-refractivity contribution is -0.130. The van der Waals surface area contributed by atoms with Gasteiger partial charge in [-0.25, -0.2) is 4.98 Å². The Morgan fingerprint density at radius 3 is 2.14 bits per heavy atom. The predicted octanol–water partition coefficient (Wildman–Crippen LogP) is 5.11. The quantitative estimate of drug-likeness (QED) is 0.270. The zero-order chi connectivity index (χ0) is 29.6. The Morgan fingerprint density at radius 2 is 1.44 bits per heavy atom. The van der Waals surface area contributed by atoms with E-state index >= 15 is 0 Å². The van der Waals surface area contributed by atoms with Crippen LogP contribution in [0.3, 0.4) is 0 Å². The first kappa shape index (κ1) is 28.6. The third-order valence-corrected chi connectivity index (χ3v) is 8.27. The van der Waals surface area contributed by atoms with Gasteiger partial charge in [0, 0.05) is 50.7 Å². The molecule has 1 amide bonds. The van der Waals surface area contributed by atoms with Gasteiger partial charge in [0.2, 0.25) is 11.9 Å². The van der Waals surface area contributed by atoms with Crippen LogP contribution in [0.1, 0.15) is 30.4 Å². The molecular weight excluding hydrogens is 542 g/mol. The van der Waals surface area contributed by atoms with Crippen LogP contribution in [-0.4, -0.2) is 74.3 Å². The molecule has 2 aliphatic heterocycles. The van der Waals surface area contributed by atoms with Gasteiger partial charge in [0.15, 0.2) is 11.5 Å². The minimum Gasteiger partial charge on any atom is -0.493 e. The first-order valence-corrected chi connectivity index (χ1v) is 15.1. The summed E-state index contributed by atoms with van der Waals surface area (Å²) in [5.41, 5.74) is 2.93. The van der Waals surface area contributed by atoms with Crippen LogP contribution in [0.5, 0.6) is 17.2 Å². The van der Waals surface area contributed by atoms with Crippen molar-refractivity contribution in [2.24, 2.45) is 0 Å². The maximum absolute atomic E-state index is 13.2. The number of rotatable bonds is 9. The normalized spacial score (nSPS) is 15.4. The maximum Gasteiger partial charge on any atom is 0.228 e. The minimum atomic E-state index is 0.128. The fraction of sp³-hybridized carbons (Fsp3) is 0.382. The Labute approximate surface area is 253 Å². The third kappa shape index (κ3) is 6.61. The van der Waals surface area contributed by atoms with Crippen molar-refractivity contribution in [3.63, 3.8) is 0 Å². The molecule has 0 unspecified atom stereocenters. The molecule has 3 aromatic carbocycles. The van der Waals surface area contributed by atoms with Gasteiger partial charge < -0.3 is 28.9 Å². The average Bonchev–Trinajstić information content (AvgIpc) is 3.07. The Hall–Kier alpha value is -4.53. The van der Waals surface area contributed by atoms with E-state index in [0.717, 1.165) is 59.5 Å². The van der Waals surface area contributed by atoms with Crippen molar-refractivity contribution in [3.8, 4) is 17.2 Å². The Morgan fingerprint density at radius 1 is 0.744 bits per heavy atom. The fourth-order valence-electron chi connectivity index (χ4n) is 5.80. The van der Waals surface area contributed by atoms with Crippen molar-refractivity contribution in [2.45, 2.75) is 32.3 Å². The van der Waals surface area contributed by atoms with E-state index in [1.54, 1.807) is 14.2 Å². The van der Waals surface area contributed by atoms with E-state index < -0.39 is 0 Å². The molecule has 2 fully saturated rings. The molecule has 0 radical (unpaired) electrons. The summed E-state index contributed by atoms with van der Waals surface area (Å²) < 4.78 is 17.1. The topological polar surface area (TPSA) is 80.3 Å². The summed E-state index contributed by atoms with van der Waals surface area (Å²) in [6.07, 6.45) is 3.91. The van der Waals surface area contributed by atoms with Crippen molar-refractivity contribution >= 4 is 28.6 Å². The third-order valence-electron chi connectivity index (χ3n) is 8.27. The molecular formula is C34H39N5O4. The van der Waals surface area contributed by atoms with Crippen LogP contribution < -0.4 is 24.0 Å². The molecule has 0 spiro atoms. The second-order valence-electron chi connectivity index (χ2n) is 11.1. The molecule has 0 aliphatic carbocycles. The van der Waals surface area contributed by atoms with Crippen LogP contribution >= 0.6 is 0 Å². The number of anilines is 2. The molecule has 6 rings (SSSR count). The first-order valence-electron chi connectivity index (χ1n) is 15.1. The summed E-state index contributed by atoms with van der Waals surface area (Å²) >= 11 is 0. The zero-order valence-corrected chi connectivity index (χ0v) is 25.0. The Bertz CT molecular complexity index is 1530. The summed E-state index contributed by atoms with van der Waals surface area (Å²) in [5.74, 6) is 3.88. The molecule has 1 aromatic heterocycles. The Balaban J connectivity index is 1.11. The Kier molecular flexibility index (Phi) is 8.77. The van der Waals surface area contributed by atoms with Gasteiger partial charge in [0.1, 0.15) is 18.2 Å². The van der Waals surface area contributed by atoms with Crippen molar-refractivity contribution in [1.29, 1.82) is 0 Å². The highest BCUT2D eigenvalue weighted by Crippen LogP contribution is 2.37. The molecule has 0 atom stereocenters. The van der Waals surface area contributed by atoms with E-state index in [1.807, 2.05) is 71.6 Å². The second kappa shape index (κ2) is 13.2. The number of amides is 1. The standard InChI is InChI=1S/C34H39N5O4/c1-41-30-22-28-29(23-31(30)42-2)35-34(36-33(28)38-15-7-4-8-16-38)39-19-17-37(18-20-39)32(40)21-25-11-13-27(14-12-25)43-24-26-9-5-3-6-10-26/h3,5-6,9-14,22-23H,4,7-8,15-21,24H2,1-2H3. The smallest absolute Gasteiger partial charge is 0.228 e. The predicted molar refractivity (Wildman–Crippen MR) is 168 cm³/mol. The number of carbonyl (C=O) groups excluding carboxylic acids is 1. The van der Waals surface area contributed by atoms with Crippen molar-refractivity contribution in [2.75, 3.05) is 63.3 Å². The molecule has 0 N–H and O–H groups in total. The molecule has 43 heavy (non-hydrogen) atoms. The summed E-state index contributed by atoms with van der Waals surface area (Å²) in [4.78, 5) is 29.7. The van der Waals surface area contributed by atoms with Crippen LogP contribution in [0.2, 0.25) is 0 Å².